The minimum atomic E-state index is -0.979. The van der Waals surface area contributed by atoms with Crippen LogP contribution in [-0.4, -0.2) is 32.5 Å². The van der Waals surface area contributed by atoms with Crippen LogP contribution in [-0.2, 0) is 4.79 Å². The summed E-state index contributed by atoms with van der Waals surface area (Å²) in [4.78, 5) is 23.2. The lowest BCUT2D eigenvalue weighted by molar-refractivity contribution is -0.113. The van der Waals surface area contributed by atoms with Gasteiger partial charge in [0.15, 0.2) is 0 Å². The highest BCUT2D eigenvalue weighted by Crippen LogP contribution is 2.42. The zero-order valence-corrected chi connectivity index (χ0v) is 14.5. The lowest BCUT2D eigenvalue weighted by Crippen LogP contribution is -2.15. The second-order valence-corrected chi connectivity index (χ2v) is 7.38. The van der Waals surface area contributed by atoms with Crippen LogP contribution in [0.5, 0.6) is 0 Å². The number of nitrogens with one attached hydrogen (secondary N) is 1. The first-order chi connectivity index (χ1) is 12.1. The quantitative estimate of drug-likeness (QED) is 0.737. The highest BCUT2D eigenvalue weighted by atomic mass is 32.2. The van der Waals surface area contributed by atoms with Crippen molar-refractivity contribution in [1.29, 1.82) is 0 Å². The Morgan fingerprint density at radius 3 is 2.76 bits per heavy atom. The van der Waals surface area contributed by atoms with Crippen LogP contribution in [0, 0.1) is 0 Å². The van der Waals surface area contributed by atoms with Crippen molar-refractivity contribution in [2.24, 2.45) is 0 Å². The Hall–Kier alpha value is -2.58. The summed E-state index contributed by atoms with van der Waals surface area (Å²) >= 11 is 3.19. The number of thiophene rings is 1. The van der Waals surface area contributed by atoms with Crippen LogP contribution in [0.1, 0.15) is 26.7 Å². The molecule has 0 bridgehead atoms. The van der Waals surface area contributed by atoms with Crippen LogP contribution in [0.4, 0.5) is 5.82 Å². The number of benzene rings is 1. The summed E-state index contributed by atoms with van der Waals surface area (Å²) in [5, 5.41) is 20.5. The minimum Gasteiger partial charge on any atom is -0.478 e. The molecule has 2 aromatic heterocycles. The molecule has 0 fully saturated rings. The second kappa shape index (κ2) is 6.38. The van der Waals surface area contributed by atoms with Crippen LogP contribution in [0.15, 0.2) is 47.3 Å². The molecule has 1 atom stereocenters. The fourth-order valence-electron chi connectivity index (χ4n) is 2.74. The number of carbonyl (C=O) groups excluding carboxylic acids is 1. The molecular weight excluding hydrogens is 358 g/mol. The van der Waals surface area contributed by atoms with E-state index in [1.165, 1.54) is 12.1 Å². The first-order valence-electron chi connectivity index (χ1n) is 7.48. The van der Waals surface area contributed by atoms with Crippen molar-refractivity contribution in [3.05, 3.63) is 64.0 Å². The van der Waals surface area contributed by atoms with E-state index < -0.39 is 5.97 Å². The zero-order valence-electron chi connectivity index (χ0n) is 12.9. The first-order valence-corrected chi connectivity index (χ1v) is 9.48. The maximum absolute atomic E-state index is 12.1. The van der Waals surface area contributed by atoms with E-state index in [-0.39, 0.29) is 16.7 Å². The highest BCUT2D eigenvalue weighted by Gasteiger charge is 2.28. The smallest absolute Gasteiger partial charge is 0.335 e. The van der Waals surface area contributed by atoms with Crippen LogP contribution in [0.3, 0.4) is 0 Å². The van der Waals surface area contributed by atoms with Gasteiger partial charge >= 0.3 is 5.97 Å². The van der Waals surface area contributed by atoms with Crippen molar-refractivity contribution >= 4 is 40.8 Å². The van der Waals surface area contributed by atoms with Gasteiger partial charge in [-0.1, -0.05) is 0 Å². The number of carboxylic acids is 1. The van der Waals surface area contributed by atoms with Crippen molar-refractivity contribution < 1.29 is 14.7 Å². The SMILES string of the molecule is O=C1CSC(c2ccsc2)c2cnn(-c3ccc(C(=O)O)cc3)c2N1. The summed E-state index contributed by atoms with van der Waals surface area (Å²) < 4.78 is 1.64. The number of amides is 1. The van der Waals surface area contributed by atoms with Crippen molar-refractivity contribution in [2.75, 3.05) is 11.1 Å². The number of fused-ring (bicyclic) bond motifs is 1. The van der Waals surface area contributed by atoms with Gasteiger partial charge in [-0.05, 0) is 46.7 Å². The molecule has 1 aromatic carbocycles. The molecule has 1 amide bonds. The molecule has 0 saturated carbocycles. The zero-order chi connectivity index (χ0) is 17.4. The molecule has 2 N–H and O–H groups in total. The Kier molecular flexibility index (Phi) is 4.06. The molecule has 25 heavy (non-hydrogen) atoms. The summed E-state index contributed by atoms with van der Waals surface area (Å²) in [5.74, 6) is -0.0529. The number of hydrogen-bond donors (Lipinski definition) is 2. The molecule has 4 rings (SSSR count). The largest absolute Gasteiger partial charge is 0.478 e. The van der Waals surface area contributed by atoms with Gasteiger partial charge in [-0.2, -0.15) is 16.4 Å². The number of carbonyl (C=O) groups is 2. The molecule has 6 nitrogen and oxygen atoms in total. The predicted molar refractivity (Wildman–Crippen MR) is 97.8 cm³/mol. The number of carboxylic acid groups (broad SMARTS) is 1. The summed E-state index contributed by atoms with van der Waals surface area (Å²) in [7, 11) is 0. The Bertz CT molecular complexity index is 933. The van der Waals surface area contributed by atoms with Crippen molar-refractivity contribution in [1.82, 2.24) is 9.78 Å². The van der Waals surface area contributed by atoms with E-state index in [1.807, 2.05) is 5.38 Å². The van der Waals surface area contributed by atoms with Gasteiger partial charge < -0.3 is 10.4 Å². The fraction of sp³-hybridized carbons (Fsp3) is 0.118. The highest BCUT2D eigenvalue weighted by molar-refractivity contribution is 8.00. The molecule has 3 aromatic rings. The third kappa shape index (κ3) is 2.94. The van der Waals surface area contributed by atoms with Gasteiger partial charge in [-0.25, -0.2) is 9.48 Å². The molecule has 1 unspecified atom stereocenters. The summed E-state index contributed by atoms with van der Waals surface area (Å²) in [5.41, 5.74) is 2.99. The summed E-state index contributed by atoms with van der Waals surface area (Å²) in [6, 6.07) is 8.46. The molecule has 0 aliphatic carbocycles. The molecule has 1 aliphatic heterocycles. The van der Waals surface area contributed by atoms with Gasteiger partial charge in [0, 0.05) is 5.56 Å². The molecule has 0 spiro atoms. The van der Waals surface area contributed by atoms with Gasteiger partial charge in [0.2, 0.25) is 5.91 Å². The third-order valence-electron chi connectivity index (χ3n) is 3.92. The van der Waals surface area contributed by atoms with Crippen LogP contribution >= 0.6 is 23.1 Å². The monoisotopic (exact) mass is 371 g/mol. The van der Waals surface area contributed by atoms with Crippen molar-refractivity contribution in [3.8, 4) is 5.69 Å². The Labute approximate surface area is 151 Å². The van der Waals surface area contributed by atoms with E-state index in [9.17, 15) is 9.59 Å². The Morgan fingerprint density at radius 2 is 2.08 bits per heavy atom. The van der Waals surface area contributed by atoms with Gasteiger partial charge in [-0.3, -0.25) is 4.79 Å². The normalized spacial score (nSPS) is 16.8. The van der Waals surface area contributed by atoms with E-state index in [4.69, 9.17) is 5.11 Å². The van der Waals surface area contributed by atoms with Crippen LogP contribution < -0.4 is 5.32 Å². The number of aromatic carboxylic acids is 1. The number of rotatable bonds is 3. The average molecular weight is 371 g/mol. The number of aromatic nitrogens is 2. The maximum Gasteiger partial charge on any atom is 0.335 e. The molecule has 1 aliphatic rings. The van der Waals surface area contributed by atoms with E-state index in [0.29, 0.717) is 17.3 Å². The van der Waals surface area contributed by atoms with E-state index in [2.05, 4.69) is 21.9 Å². The molecule has 0 saturated heterocycles. The average Bonchev–Trinajstić information content (AvgIpc) is 3.24. The number of hydrogen-bond acceptors (Lipinski definition) is 5. The maximum atomic E-state index is 12.1. The number of thioether (sulfide) groups is 1. The van der Waals surface area contributed by atoms with Gasteiger partial charge in [0.1, 0.15) is 5.82 Å². The minimum absolute atomic E-state index is 0.0345. The summed E-state index contributed by atoms with van der Waals surface area (Å²) in [6.07, 6.45) is 1.77. The van der Waals surface area contributed by atoms with Crippen molar-refractivity contribution in [2.45, 2.75) is 5.25 Å². The summed E-state index contributed by atoms with van der Waals surface area (Å²) in [6.45, 7) is 0. The fourth-order valence-corrected chi connectivity index (χ4v) is 4.59. The number of anilines is 1. The predicted octanol–water partition coefficient (Wildman–Crippen LogP) is 3.41. The third-order valence-corrected chi connectivity index (χ3v) is 5.91. The Balaban J connectivity index is 1.79. The Morgan fingerprint density at radius 1 is 1.28 bits per heavy atom. The molecular formula is C17H13N3O3S2. The first kappa shape index (κ1) is 15.9. The van der Waals surface area contributed by atoms with Gasteiger partial charge in [0.05, 0.1) is 28.5 Å². The van der Waals surface area contributed by atoms with Gasteiger partial charge in [0.25, 0.3) is 0 Å². The van der Waals surface area contributed by atoms with Crippen molar-refractivity contribution in [3.63, 3.8) is 0 Å². The standard InChI is InChI=1S/C17H13N3O3S2/c21-14-9-25-15(11-5-6-24-8-11)13-7-18-20(16(13)19-14)12-3-1-10(2-4-12)17(22)23/h1-8,15H,9H2,(H,19,21)(H,22,23). The van der Waals surface area contributed by atoms with Gasteiger partial charge in [-0.15, -0.1) is 11.8 Å². The lowest BCUT2D eigenvalue weighted by Gasteiger charge is -2.12. The molecule has 126 valence electrons. The second-order valence-electron chi connectivity index (χ2n) is 5.51. The lowest BCUT2D eigenvalue weighted by atomic mass is 10.1. The topological polar surface area (TPSA) is 84.2 Å². The number of nitrogens with zero attached hydrogens (tertiary/aromatic N) is 2. The van der Waals surface area contributed by atoms with Crippen LogP contribution in [0.25, 0.3) is 5.69 Å². The van der Waals surface area contributed by atoms with E-state index >= 15 is 0 Å². The molecule has 3 heterocycles. The molecule has 8 heteroatoms. The van der Waals surface area contributed by atoms with E-state index in [0.717, 1.165) is 11.1 Å². The molecule has 0 radical (unpaired) electrons. The van der Waals surface area contributed by atoms with E-state index in [1.54, 1.807) is 46.1 Å². The van der Waals surface area contributed by atoms with Crippen LogP contribution in [0.2, 0.25) is 0 Å².